The minimum absolute atomic E-state index is 0.0343. The molecule has 0 bridgehead atoms. The summed E-state index contributed by atoms with van der Waals surface area (Å²) in [4.78, 5) is 42.5. The number of carbonyl (C=O) groups is 2. The molecule has 34 heavy (non-hydrogen) atoms. The van der Waals surface area contributed by atoms with Crippen molar-refractivity contribution in [2.24, 2.45) is 0 Å². The molecule has 2 saturated heterocycles. The molecule has 0 spiro atoms. The van der Waals surface area contributed by atoms with Gasteiger partial charge in [-0.05, 0) is 30.5 Å². The summed E-state index contributed by atoms with van der Waals surface area (Å²) in [7, 11) is 0. The van der Waals surface area contributed by atoms with Gasteiger partial charge in [0, 0.05) is 50.5 Å². The minimum atomic E-state index is -0.953. The molecule has 4 heterocycles. The molecular weight excluding hydrogens is 479 g/mol. The second kappa shape index (κ2) is 8.96. The summed E-state index contributed by atoms with van der Waals surface area (Å²) in [6.07, 6.45) is 3.12. The highest BCUT2D eigenvalue weighted by molar-refractivity contribution is 6.36. The molecule has 2 aliphatic heterocycles. The minimum Gasteiger partial charge on any atom is -0.465 e. The van der Waals surface area contributed by atoms with E-state index in [4.69, 9.17) is 23.2 Å². The van der Waals surface area contributed by atoms with E-state index in [2.05, 4.69) is 19.9 Å². The van der Waals surface area contributed by atoms with Gasteiger partial charge in [-0.3, -0.25) is 4.79 Å². The molecule has 2 N–H and O–H groups in total. The fourth-order valence-electron chi connectivity index (χ4n) is 5.05. The van der Waals surface area contributed by atoms with Crippen LogP contribution in [0.1, 0.15) is 18.4 Å². The number of nitrogens with zero attached hydrogens (tertiary/aromatic N) is 5. The summed E-state index contributed by atoms with van der Waals surface area (Å²) < 4.78 is 0. The number of carbonyl (C=O) groups excluding carboxylic acids is 1. The van der Waals surface area contributed by atoms with E-state index in [9.17, 15) is 14.7 Å². The third-order valence-corrected chi connectivity index (χ3v) is 7.51. The number of piperidine rings is 1. The number of likely N-dealkylation sites (tertiary alicyclic amines) is 1. The number of aromatic amines is 1. The fraction of sp³-hybridized carbons (Fsp3) is 0.391. The van der Waals surface area contributed by atoms with Gasteiger partial charge in [0.15, 0.2) is 0 Å². The molecule has 2 aromatic heterocycles. The lowest BCUT2D eigenvalue weighted by Crippen LogP contribution is -2.58. The van der Waals surface area contributed by atoms with Gasteiger partial charge in [0.2, 0.25) is 5.91 Å². The zero-order valence-electron chi connectivity index (χ0n) is 18.4. The summed E-state index contributed by atoms with van der Waals surface area (Å²) in [5, 5.41) is 11.4. The third-order valence-electron chi connectivity index (χ3n) is 6.96. The molecule has 1 aromatic carbocycles. The van der Waals surface area contributed by atoms with Crippen LogP contribution in [0, 0.1) is 0 Å². The molecule has 9 nitrogen and oxygen atoms in total. The largest absolute Gasteiger partial charge is 0.465 e. The van der Waals surface area contributed by atoms with Crippen molar-refractivity contribution in [1.82, 2.24) is 24.8 Å². The van der Waals surface area contributed by atoms with Crippen molar-refractivity contribution in [2.45, 2.75) is 18.3 Å². The molecule has 0 unspecified atom stereocenters. The van der Waals surface area contributed by atoms with Crippen molar-refractivity contribution in [3.8, 4) is 0 Å². The summed E-state index contributed by atoms with van der Waals surface area (Å²) in [5.74, 6) is 0.789. The van der Waals surface area contributed by atoms with E-state index in [0.717, 1.165) is 16.8 Å². The van der Waals surface area contributed by atoms with Crippen LogP contribution >= 0.6 is 23.2 Å². The van der Waals surface area contributed by atoms with Crippen LogP contribution in [0.2, 0.25) is 10.0 Å². The number of H-pyrrole nitrogens is 1. The van der Waals surface area contributed by atoms with Crippen LogP contribution in [0.5, 0.6) is 0 Å². The van der Waals surface area contributed by atoms with Gasteiger partial charge in [-0.15, -0.1) is 0 Å². The first-order valence-electron chi connectivity index (χ1n) is 11.1. The van der Waals surface area contributed by atoms with Crippen LogP contribution in [0.25, 0.3) is 11.0 Å². The highest BCUT2D eigenvalue weighted by Crippen LogP contribution is 2.39. The van der Waals surface area contributed by atoms with Gasteiger partial charge in [0.1, 0.15) is 17.8 Å². The number of anilines is 1. The lowest BCUT2D eigenvalue weighted by molar-refractivity contribution is -0.139. The predicted molar refractivity (Wildman–Crippen MR) is 130 cm³/mol. The number of aromatic nitrogens is 3. The Hall–Kier alpha value is -3.04. The van der Waals surface area contributed by atoms with Gasteiger partial charge in [0.05, 0.1) is 15.8 Å². The second-order valence-corrected chi connectivity index (χ2v) is 9.54. The number of amides is 2. The topological polar surface area (TPSA) is 106 Å². The highest BCUT2D eigenvalue weighted by atomic mass is 35.5. The van der Waals surface area contributed by atoms with Crippen molar-refractivity contribution in [2.75, 3.05) is 44.2 Å². The summed E-state index contributed by atoms with van der Waals surface area (Å²) >= 11 is 12.5. The Morgan fingerprint density at radius 3 is 2.26 bits per heavy atom. The van der Waals surface area contributed by atoms with E-state index < -0.39 is 11.5 Å². The van der Waals surface area contributed by atoms with Crippen molar-refractivity contribution in [1.29, 1.82) is 0 Å². The van der Waals surface area contributed by atoms with E-state index in [1.54, 1.807) is 18.3 Å². The summed E-state index contributed by atoms with van der Waals surface area (Å²) in [6, 6.07) is 7.35. The first kappa shape index (κ1) is 22.7. The Kier molecular flexibility index (Phi) is 5.99. The third kappa shape index (κ3) is 3.92. The zero-order valence-corrected chi connectivity index (χ0v) is 19.9. The Balaban J connectivity index is 1.37. The van der Waals surface area contributed by atoms with Crippen LogP contribution in [0.3, 0.4) is 0 Å². The van der Waals surface area contributed by atoms with Crippen LogP contribution in [0.4, 0.5) is 10.6 Å². The molecule has 5 rings (SSSR count). The van der Waals surface area contributed by atoms with E-state index in [1.807, 2.05) is 17.0 Å². The molecule has 3 aromatic rings. The van der Waals surface area contributed by atoms with Crippen LogP contribution in [-0.4, -0.2) is 81.1 Å². The monoisotopic (exact) mass is 502 g/mol. The van der Waals surface area contributed by atoms with E-state index in [0.29, 0.717) is 67.8 Å². The van der Waals surface area contributed by atoms with Crippen molar-refractivity contribution >= 4 is 52.1 Å². The average molecular weight is 503 g/mol. The molecule has 2 fully saturated rings. The lowest BCUT2D eigenvalue weighted by Gasteiger charge is -2.45. The zero-order chi connectivity index (χ0) is 23.9. The number of halogens is 2. The number of piperazine rings is 1. The van der Waals surface area contributed by atoms with Gasteiger partial charge in [-0.2, -0.15) is 0 Å². The molecule has 0 aliphatic carbocycles. The lowest BCUT2D eigenvalue weighted by atomic mass is 9.71. The number of carboxylic acid groups (broad SMARTS) is 1. The standard InChI is InChI=1S/C23H24Cl2N6O3/c24-16-3-1-15(2-4-16)23(5-7-31(8-6-23)22(33)34)21(32)30-11-9-29(10-12-30)20-18-17(25)13-26-19(18)27-14-28-20/h1-4,13-14H,5-12H2,(H,33,34)(H,26,27,28). The Labute approximate surface area is 206 Å². The average Bonchev–Trinajstić information content (AvgIpc) is 3.25. The van der Waals surface area contributed by atoms with Crippen LogP contribution in [0.15, 0.2) is 36.8 Å². The first-order chi connectivity index (χ1) is 16.4. The number of rotatable bonds is 3. The Bertz CT molecular complexity index is 1220. The smallest absolute Gasteiger partial charge is 0.407 e. The molecule has 0 radical (unpaired) electrons. The maximum atomic E-state index is 14.0. The SMILES string of the molecule is O=C(O)N1CCC(C(=O)N2CCN(c3ncnc4[nH]cc(Cl)c34)CC2)(c2ccc(Cl)cc2)CC1. The molecular formula is C23H24Cl2N6O3. The fourth-order valence-corrected chi connectivity index (χ4v) is 5.40. The van der Waals surface area contributed by atoms with Gasteiger partial charge in [0.25, 0.3) is 0 Å². The Morgan fingerprint density at radius 2 is 1.62 bits per heavy atom. The molecule has 11 heteroatoms. The normalized spacial score (nSPS) is 18.4. The molecule has 0 saturated carbocycles. The van der Waals surface area contributed by atoms with E-state index in [-0.39, 0.29) is 5.91 Å². The quantitative estimate of drug-likeness (QED) is 0.566. The van der Waals surface area contributed by atoms with Crippen LogP contribution < -0.4 is 4.90 Å². The van der Waals surface area contributed by atoms with Gasteiger partial charge in [-0.25, -0.2) is 14.8 Å². The van der Waals surface area contributed by atoms with Gasteiger partial charge >= 0.3 is 6.09 Å². The van der Waals surface area contributed by atoms with Gasteiger partial charge in [-0.1, -0.05) is 35.3 Å². The molecule has 178 valence electrons. The number of fused-ring (bicyclic) bond motifs is 1. The van der Waals surface area contributed by atoms with E-state index >= 15 is 0 Å². The number of hydrogen-bond donors (Lipinski definition) is 2. The first-order valence-corrected chi connectivity index (χ1v) is 11.9. The Morgan fingerprint density at radius 1 is 0.941 bits per heavy atom. The molecule has 0 atom stereocenters. The summed E-state index contributed by atoms with van der Waals surface area (Å²) in [6.45, 7) is 2.91. The number of benzene rings is 1. The van der Waals surface area contributed by atoms with Crippen LogP contribution in [-0.2, 0) is 10.2 Å². The maximum absolute atomic E-state index is 14.0. The van der Waals surface area contributed by atoms with Crippen molar-refractivity contribution < 1.29 is 14.7 Å². The number of nitrogens with one attached hydrogen (secondary N) is 1. The van der Waals surface area contributed by atoms with E-state index in [1.165, 1.54) is 11.2 Å². The van der Waals surface area contributed by atoms with Gasteiger partial charge < -0.3 is 24.8 Å². The number of hydrogen-bond acceptors (Lipinski definition) is 5. The highest BCUT2D eigenvalue weighted by Gasteiger charge is 2.46. The molecule has 2 amide bonds. The van der Waals surface area contributed by atoms with Crippen molar-refractivity contribution in [3.63, 3.8) is 0 Å². The van der Waals surface area contributed by atoms with Crippen molar-refractivity contribution in [3.05, 3.63) is 52.4 Å². The summed E-state index contributed by atoms with van der Waals surface area (Å²) in [5.41, 5.74) is 0.788. The molecule has 2 aliphatic rings. The second-order valence-electron chi connectivity index (χ2n) is 8.70. The maximum Gasteiger partial charge on any atom is 0.407 e. The predicted octanol–water partition coefficient (Wildman–Crippen LogP) is 3.63.